The van der Waals surface area contributed by atoms with Crippen LogP contribution in [0.25, 0.3) is 0 Å². The zero-order valence-corrected chi connectivity index (χ0v) is 22.8. The van der Waals surface area contributed by atoms with Crippen LogP contribution in [0.4, 0.5) is 33.3 Å². The minimum Gasteiger partial charge on any atom is -0.383 e. The molecule has 0 saturated carbocycles. The van der Waals surface area contributed by atoms with Gasteiger partial charge in [-0.05, 0) is 25.1 Å². The molecule has 2 aliphatic heterocycles. The van der Waals surface area contributed by atoms with E-state index in [1.54, 1.807) is 54.5 Å². The number of carbonyl (C=O) groups is 3. The lowest BCUT2D eigenvalue weighted by molar-refractivity contribution is -0.141. The number of benzene rings is 1. The maximum atomic E-state index is 13.4. The summed E-state index contributed by atoms with van der Waals surface area (Å²) in [5.74, 6) is -5.92. The van der Waals surface area contributed by atoms with Crippen LogP contribution < -0.4 is 15.5 Å². The number of alkyl halides is 5. The quantitative estimate of drug-likeness (QED) is 0.404. The zero-order valence-electron chi connectivity index (χ0n) is 22.0. The van der Waals surface area contributed by atoms with Crippen LogP contribution in [0.3, 0.4) is 0 Å². The van der Waals surface area contributed by atoms with Crippen LogP contribution in [0.2, 0.25) is 0 Å². The molecule has 220 valence electrons. The summed E-state index contributed by atoms with van der Waals surface area (Å²) < 4.78 is 64.3. The number of piperidine rings is 1. The molecule has 2 N–H and O–H groups in total. The molecule has 2 saturated heterocycles. The van der Waals surface area contributed by atoms with Crippen molar-refractivity contribution < 1.29 is 36.3 Å². The Morgan fingerprint density at radius 3 is 2.55 bits per heavy atom. The molecule has 0 radical (unpaired) electrons. The van der Waals surface area contributed by atoms with E-state index in [2.05, 4.69) is 5.32 Å². The molecule has 0 aromatic heterocycles. The number of halogens is 5. The summed E-state index contributed by atoms with van der Waals surface area (Å²) in [7, 11) is 1.58. The van der Waals surface area contributed by atoms with E-state index < -0.39 is 41.1 Å². The molecule has 3 amide bonds. The lowest BCUT2D eigenvalue weighted by Crippen LogP contribution is -2.45. The number of rotatable bonds is 10. The lowest BCUT2D eigenvalue weighted by Gasteiger charge is -2.32. The molecule has 1 aromatic rings. The third-order valence-electron chi connectivity index (χ3n) is 6.73. The molecule has 2 fully saturated rings. The van der Waals surface area contributed by atoms with Crippen molar-refractivity contribution in [2.45, 2.75) is 42.5 Å². The first-order valence-corrected chi connectivity index (χ1v) is 13.6. The number of hydrogen-bond donors (Lipinski definition) is 2. The van der Waals surface area contributed by atoms with Crippen molar-refractivity contribution in [1.82, 2.24) is 15.1 Å². The summed E-state index contributed by atoms with van der Waals surface area (Å²) in [6.45, 7) is 0.600. The third kappa shape index (κ3) is 8.20. The molecule has 40 heavy (non-hydrogen) atoms. The van der Waals surface area contributed by atoms with Gasteiger partial charge in [0.25, 0.3) is 5.92 Å². The first-order valence-electron chi connectivity index (χ1n) is 12.7. The summed E-state index contributed by atoms with van der Waals surface area (Å²) in [5.41, 5.74) is 1.12. The van der Waals surface area contributed by atoms with Crippen molar-refractivity contribution in [3.8, 4) is 6.07 Å². The van der Waals surface area contributed by atoms with Crippen molar-refractivity contribution in [1.29, 1.82) is 5.26 Å². The Kier molecular flexibility index (Phi) is 10.2. The smallest absolute Gasteiger partial charge is 0.383 e. The number of carbonyl (C=O) groups excluding carboxylic acids is 3. The van der Waals surface area contributed by atoms with E-state index in [0.717, 1.165) is 11.8 Å². The van der Waals surface area contributed by atoms with Gasteiger partial charge in [0.05, 0.1) is 12.6 Å². The van der Waals surface area contributed by atoms with Crippen LogP contribution in [0.1, 0.15) is 19.8 Å². The number of anilines is 2. The number of nitriles is 1. The number of nitrogens with zero attached hydrogens (tertiary/aromatic N) is 4. The number of amides is 3. The third-order valence-corrected chi connectivity index (χ3v) is 8.23. The van der Waals surface area contributed by atoms with Gasteiger partial charge in [0, 0.05) is 57.4 Å². The van der Waals surface area contributed by atoms with Gasteiger partial charge in [-0.2, -0.15) is 18.4 Å². The average Bonchev–Trinajstić information content (AvgIpc) is 3.21. The van der Waals surface area contributed by atoms with E-state index >= 15 is 0 Å². The second-order valence-corrected chi connectivity index (χ2v) is 10.9. The van der Waals surface area contributed by atoms with Crippen LogP contribution in [0, 0.1) is 17.2 Å². The van der Waals surface area contributed by atoms with Gasteiger partial charge in [0.1, 0.15) is 17.2 Å². The molecule has 0 spiro atoms. The molecule has 9 nitrogen and oxygen atoms in total. The van der Waals surface area contributed by atoms with E-state index in [-0.39, 0.29) is 57.4 Å². The fraction of sp³-hybridized carbons (Fsp3) is 0.600. The van der Waals surface area contributed by atoms with Gasteiger partial charge >= 0.3 is 6.18 Å². The Hall–Kier alpha value is -3.12. The number of nitrogens with one attached hydrogen (secondary N) is 2. The number of hydrogen-bond acceptors (Lipinski definition) is 7. The Balaban J connectivity index is 1.59. The Morgan fingerprint density at radius 2 is 1.95 bits per heavy atom. The second-order valence-electron chi connectivity index (χ2n) is 9.60. The molecule has 3 rings (SSSR count). The van der Waals surface area contributed by atoms with Gasteiger partial charge < -0.3 is 20.4 Å². The minimum atomic E-state index is -4.64. The molecule has 2 heterocycles. The lowest BCUT2D eigenvalue weighted by atomic mass is 10.1. The molecule has 2 aliphatic rings. The van der Waals surface area contributed by atoms with Gasteiger partial charge in [0.15, 0.2) is 5.92 Å². The molecule has 0 bridgehead atoms. The van der Waals surface area contributed by atoms with E-state index in [4.69, 9.17) is 0 Å². The average molecular weight is 591 g/mol. The fourth-order valence-corrected chi connectivity index (χ4v) is 5.91. The van der Waals surface area contributed by atoms with Crippen molar-refractivity contribution in [2.24, 2.45) is 5.92 Å². The van der Waals surface area contributed by atoms with Gasteiger partial charge in [-0.15, -0.1) is 11.8 Å². The summed E-state index contributed by atoms with van der Waals surface area (Å²) >= 11 is 1.03. The standard InChI is InChI=1S/C25H31F5N6O3S/c1-3-36-22(39)19(40-23(36)18(12-31)21(38)33-15-25(28,29)30)13-32-16-5-4-6-17(11-16)34(2)20(37)14-35-9-7-24(26,27)8-10-35/h4-6,11,18-19,23,32H,3,7-10,13-15H2,1-2H3,(H,33,38). The van der Waals surface area contributed by atoms with E-state index in [1.165, 1.54) is 9.80 Å². The fourth-order valence-electron chi connectivity index (χ4n) is 4.40. The van der Waals surface area contributed by atoms with Crippen molar-refractivity contribution >= 4 is 40.9 Å². The Morgan fingerprint density at radius 1 is 1.27 bits per heavy atom. The van der Waals surface area contributed by atoms with Crippen LogP contribution in [-0.2, 0) is 14.4 Å². The first kappa shape index (κ1) is 31.4. The monoisotopic (exact) mass is 590 g/mol. The predicted molar refractivity (Wildman–Crippen MR) is 140 cm³/mol. The molecular formula is C25H31F5N6O3S. The zero-order chi connectivity index (χ0) is 29.7. The van der Waals surface area contributed by atoms with Crippen LogP contribution >= 0.6 is 11.8 Å². The van der Waals surface area contributed by atoms with Gasteiger partial charge in [-0.25, -0.2) is 8.78 Å². The summed E-state index contributed by atoms with van der Waals surface area (Å²) in [4.78, 5) is 42.4. The van der Waals surface area contributed by atoms with E-state index in [1.807, 2.05) is 0 Å². The summed E-state index contributed by atoms with van der Waals surface area (Å²) in [5, 5.41) is 12.7. The molecule has 3 atom stereocenters. The number of likely N-dealkylation sites (tertiary alicyclic amines) is 1. The van der Waals surface area contributed by atoms with Crippen LogP contribution in [0.5, 0.6) is 0 Å². The highest BCUT2D eigenvalue weighted by atomic mass is 32.2. The summed E-state index contributed by atoms with van der Waals surface area (Å²) in [6.07, 6.45) is -5.21. The molecular weight excluding hydrogens is 559 g/mol. The highest BCUT2D eigenvalue weighted by Gasteiger charge is 2.46. The number of thioether (sulfide) groups is 1. The molecule has 15 heteroatoms. The van der Waals surface area contributed by atoms with Crippen LogP contribution in [0.15, 0.2) is 24.3 Å². The SMILES string of the molecule is CCN1C(=O)C(CNc2cccc(N(C)C(=O)CN3CCC(F)(F)CC3)c2)SC1C(C#N)C(=O)NCC(F)(F)F. The first-order chi connectivity index (χ1) is 18.7. The van der Waals surface area contributed by atoms with Gasteiger partial charge in [-0.1, -0.05) is 6.07 Å². The molecule has 0 aliphatic carbocycles. The van der Waals surface area contributed by atoms with E-state index in [9.17, 15) is 41.6 Å². The topological polar surface area (TPSA) is 109 Å². The maximum Gasteiger partial charge on any atom is 0.405 e. The minimum absolute atomic E-state index is 0.00228. The van der Waals surface area contributed by atoms with E-state index in [0.29, 0.717) is 11.4 Å². The molecule has 1 aromatic carbocycles. The van der Waals surface area contributed by atoms with Gasteiger partial charge in [0.2, 0.25) is 17.7 Å². The molecule has 3 unspecified atom stereocenters. The van der Waals surface area contributed by atoms with Crippen molar-refractivity contribution in [3.05, 3.63) is 24.3 Å². The van der Waals surface area contributed by atoms with Gasteiger partial charge in [-0.3, -0.25) is 19.3 Å². The highest BCUT2D eigenvalue weighted by Crippen LogP contribution is 2.36. The number of likely N-dealkylation sites (N-methyl/N-ethyl adjacent to an activating group) is 1. The highest BCUT2D eigenvalue weighted by molar-refractivity contribution is 8.01. The Labute approximate surface area is 233 Å². The largest absolute Gasteiger partial charge is 0.405 e. The Bertz CT molecular complexity index is 1120. The normalized spacial score (nSPS) is 21.9. The summed E-state index contributed by atoms with van der Waals surface area (Å²) in [6, 6.07) is 8.54. The second kappa shape index (κ2) is 13.0. The predicted octanol–water partition coefficient (Wildman–Crippen LogP) is 2.90. The maximum absolute atomic E-state index is 13.4. The van der Waals surface area contributed by atoms with Crippen molar-refractivity contribution in [2.75, 3.05) is 56.5 Å². The van der Waals surface area contributed by atoms with Crippen molar-refractivity contribution in [3.63, 3.8) is 0 Å². The van der Waals surface area contributed by atoms with Crippen LogP contribution in [-0.4, -0.2) is 96.6 Å².